The monoisotopic (exact) mass is 196 g/mol. The van der Waals surface area contributed by atoms with E-state index in [-0.39, 0.29) is 0 Å². The third-order valence-corrected chi connectivity index (χ3v) is 2.44. The topological polar surface area (TPSA) is 38.1 Å². The third-order valence-electron chi connectivity index (χ3n) is 2.44. The molecule has 0 amide bonds. The Morgan fingerprint density at radius 3 is 2.64 bits per heavy atom. The van der Waals surface area contributed by atoms with E-state index in [0.29, 0.717) is 0 Å². The van der Waals surface area contributed by atoms with Crippen LogP contribution in [0.25, 0.3) is 0 Å². The summed E-state index contributed by atoms with van der Waals surface area (Å²) in [4.78, 5) is 0. The molecule has 0 radical (unpaired) electrons. The highest BCUT2D eigenvalue weighted by Gasteiger charge is 2.07. The highest BCUT2D eigenvalue weighted by Crippen LogP contribution is 2.11. The second-order valence-electron chi connectivity index (χ2n) is 3.69. The Balaban J connectivity index is 2.24. The average molecular weight is 196 g/mol. The molecule has 0 spiro atoms. The van der Waals surface area contributed by atoms with Crippen molar-refractivity contribution in [1.29, 1.82) is 0 Å². The number of aryl methyl sites for hydroxylation is 2. The molecule has 0 fully saturated rings. The Bertz CT molecular complexity index is 249. The summed E-state index contributed by atoms with van der Waals surface area (Å²) in [5.74, 6) is 0.936. The quantitative estimate of drug-likeness (QED) is 0.711. The van der Waals surface area contributed by atoms with E-state index in [1.54, 1.807) is 0 Å². The predicted octanol–water partition coefficient (Wildman–Crippen LogP) is 2.57. The number of unbranched alkanes of at least 4 members (excludes halogenated alkanes) is 2. The van der Waals surface area contributed by atoms with Crippen molar-refractivity contribution in [1.82, 2.24) is 10.5 Å². The smallest absolute Gasteiger partial charge is 0.138 e. The zero-order chi connectivity index (χ0) is 10.4. The summed E-state index contributed by atoms with van der Waals surface area (Å²) in [6.07, 6.45) is 3.82. The second-order valence-corrected chi connectivity index (χ2v) is 3.69. The van der Waals surface area contributed by atoms with Crippen molar-refractivity contribution in [2.75, 3.05) is 6.54 Å². The van der Waals surface area contributed by atoms with Crippen molar-refractivity contribution in [2.45, 2.75) is 46.6 Å². The first-order valence-corrected chi connectivity index (χ1v) is 5.38. The van der Waals surface area contributed by atoms with Crippen molar-refractivity contribution in [2.24, 2.45) is 0 Å². The molecular formula is C11H20N2O. The number of hydrogen-bond acceptors (Lipinski definition) is 3. The van der Waals surface area contributed by atoms with Gasteiger partial charge in [-0.05, 0) is 26.8 Å². The van der Waals surface area contributed by atoms with Crippen molar-refractivity contribution < 1.29 is 4.52 Å². The standard InChI is InChI=1S/C11H20N2O/c1-4-5-6-7-12-8-11-9(2)13-14-10(11)3/h12H,4-8H2,1-3H3. The molecule has 0 aliphatic carbocycles. The molecule has 3 heteroatoms. The van der Waals surface area contributed by atoms with Crippen LogP contribution in [-0.2, 0) is 6.54 Å². The number of aromatic nitrogens is 1. The Hall–Kier alpha value is -0.830. The van der Waals surface area contributed by atoms with Crippen LogP contribution in [0.2, 0.25) is 0 Å². The predicted molar refractivity (Wildman–Crippen MR) is 57.2 cm³/mol. The minimum atomic E-state index is 0.880. The lowest BCUT2D eigenvalue weighted by atomic mass is 10.2. The number of nitrogens with zero attached hydrogens (tertiary/aromatic N) is 1. The van der Waals surface area contributed by atoms with E-state index in [1.165, 1.54) is 24.8 Å². The summed E-state index contributed by atoms with van der Waals surface area (Å²) in [6.45, 7) is 8.12. The van der Waals surface area contributed by atoms with Crippen LogP contribution < -0.4 is 5.32 Å². The van der Waals surface area contributed by atoms with Gasteiger partial charge in [0, 0.05) is 12.1 Å². The summed E-state index contributed by atoms with van der Waals surface area (Å²) in [5, 5.41) is 7.32. The molecule has 0 aliphatic heterocycles. The molecule has 80 valence electrons. The van der Waals surface area contributed by atoms with Gasteiger partial charge in [0.05, 0.1) is 5.69 Å². The van der Waals surface area contributed by atoms with Crippen molar-refractivity contribution >= 4 is 0 Å². The lowest BCUT2D eigenvalue weighted by Crippen LogP contribution is -2.15. The molecule has 1 aromatic rings. The van der Waals surface area contributed by atoms with Crippen LogP contribution in [0.1, 0.15) is 43.2 Å². The van der Waals surface area contributed by atoms with Gasteiger partial charge in [-0.1, -0.05) is 24.9 Å². The molecule has 0 aliphatic rings. The Morgan fingerprint density at radius 1 is 1.29 bits per heavy atom. The zero-order valence-electron chi connectivity index (χ0n) is 9.39. The molecule has 1 rings (SSSR count). The van der Waals surface area contributed by atoms with Crippen LogP contribution in [0, 0.1) is 13.8 Å². The molecule has 1 aromatic heterocycles. The van der Waals surface area contributed by atoms with Gasteiger partial charge >= 0.3 is 0 Å². The van der Waals surface area contributed by atoms with Gasteiger partial charge in [0.1, 0.15) is 5.76 Å². The van der Waals surface area contributed by atoms with E-state index >= 15 is 0 Å². The van der Waals surface area contributed by atoms with E-state index in [1.807, 2.05) is 13.8 Å². The molecule has 0 unspecified atom stereocenters. The minimum absolute atomic E-state index is 0.880. The Morgan fingerprint density at radius 2 is 2.07 bits per heavy atom. The SMILES string of the molecule is CCCCCNCc1c(C)noc1C. The van der Waals surface area contributed by atoms with Gasteiger partial charge in [-0.25, -0.2) is 0 Å². The largest absolute Gasteiger partial charge is 0.361 e. The Kier molecular flexibility index (Phi) is 4.66. The van der Waals surface area contributed by atoms with Crippen molar-refractivity contribution in [3.8, 4) is 0 Å². The summed E-state index contributed by atoms with van der Waals surface area (Å²) in [7, 11) is 0. The normalized spacial score (nSPS) is 10.8. The lowest BCUT2D eigenvalue weighted by Gasteiger charge is -2.03. The molecular weight excluding hydrogens is 176 g/mol. The summed E-state index contributed by atoms with van der Waals surface area (Å²) in [5.41, 5.74) is 2.21. The maximum absolute atomic E-state index is 5.08. The average Bonchev–Trinajstić information content (AvgIpc) is 2.48. The zero-order valence-corrected chi connectivity index (χ0v) is 9.39. The van der Waals surface area contributed by atoms with Crippen molar-refractivity contribution in [3.63, 3.8) is 0 Å². The summed E-state index contributed by atoms with van der Waals surface area (Å²) >= 11 is 0. The molecule has 0 saturated heterocycles. The van der Waals surface area contributed by atoms with Crippen LogP contribution in [0.5, 0.6) is 0 Å². The van der Waals surface area contributed by atoms with Crippen LogP contribution in [0.3, 0.4) is 0 Å². The fraction of sp³-hybridized carbons (Fsp3) is 0.727. The molecule has 0 saturated carbocycles. The highest BCUT2D eigenvalue weighted by molar-refractivity contribution is 5.20. The first-order valence-electron chi connectivity index (χ1n) is 5.38. The second kappa shape index (κ2) is 5.81. The van der Waals surface area contributed by atoms with Crippen LogP contribution in [0.15, 0.2) is 4.52 Å². The number of hydrogen-bond donors (Lipinski definition) is 1. The van der Waals surface area contributed by atoms with Gasteiger partial charge in [-0.2, -0.15) is 0 Å². The molecule has 0 bridgehead atoms. The first kappa shape index (κ1) is 11.2. The van der Waals surface area contributed by atoms with Crippen LogP contribution >= 0.6 is 0 Å². The van der Waals surface area contributed by atoms with Gasteiger partial charge in [-0.3, -0.25) is 0 Å². The molecule has 0 aromatic carbocycles. The fourth-order valence-corrected chi connectivity index (χ4v) is 1.47. The van der Waals surface area contributed by atoms with Gasteiger partial charge < -0.3 is 9.84 Å². The van der Waals surface area contributed by atoms with E-state index in [4.69, 9.17) is 4.52 Å². The lowest BCUT2D eigenvalue weighted by molar-refractivity contribution is 0.392. The molecule has 1 heterocycles. The van der Waals surface area contributed by atoms with E-state index < -0.39 is 0 Å². The van der Waals surface area contributed by atoms with Gasteiger partial charge in [0.25, 0.3) is 0 Å². The van der Waals surface area contributed by atoms with Crippen LogP contribution in [-0.4, -0.2) is 11.7 Å². The molecule has 1 N–H and O–H groups in total. The van der Waals surface area contributed by atoms with Gasteiger partial charge in [0.15, 0.2) is 0 Å². The van der Waals surface area contributed by atoms with Gasteiger partial charge in [-0.15, -0.1) is 0 Å². The fourth-order valence-electron chi connectivity index (χ4n) is 1.47. The number of nitrogens with one attached hydrogen (secondary N) is 1. The minimum Gasteiger partial charge on any atom is -0.361 e. The van der Waals surface area contributed by atoms with Crippen molar-refractivity contribution in [3.05, 3.63) is 17.0 Å². The first-order chi connectivity index (χ1) is 6.75. The molecule has 0 atom stereocenters. The van der Waals surface area contributed by atoms with E-state index in [9.17, 15) is 0 Å². The maximum Gasteiger partial charge on any atom is 0.138 e. The third kappa shape index (κ3) is 3.14. The van der Waals surface area contributed by atoms with Gasteiger partial charge in [0.2, 0.25) is 0 Å². The molecule has 3 nitrogen and oxygen atoms in total. The summed E-state index contributed by atoms with van der Waals surface area (Å²) in [6, 6.07) is 0. The van der Waals surface area contributed by atoms with Crippen LogP contribution in [0.4, 0.5) is 0 Å². The number of rotatable bonds is 6. The maximum atomic E-state index is 5.08. The summed E-state index contributed by atoms with van der Waals surface area (Å²) < 4.78 is 5.08. The van der Waals surface area contributed by atoms with E-state index in [2.05, 4.69) is 17.4 Å². The molecule has 14 heavy (non-hydrogen) atoms. The Labute approximate surface area is 85.9 Å². The highest BCUT2D eigenvalue weighted by atomic mass is 16.5. The van der Waals surface area contributed by atoms with E-state index in [0.717, 1.165) is 24.5 Å².